The van der Waals surface area contributed by atoms with Gasteiger partial charge in [-0.05, 0) is 6.07 Å². The molecule has 0 saturated heterocycles. The molecule has 0 radical (unpaired) electrons. The van der Waals surface area contributed by atoms with Crippen LogP contribution in [0.2, 0.25) is 0 Å². The van der Waals surface area contributed by atoms with Crippen molar-refractivity contribution in [1.82, 2.24) is 0 Å². The van der Waals surface area contributed by atoms with Crippen LogP contribution in [0.3, 0.4) is 0 Å². The molecular weight excluding hydrogens is 238 g/mol. The summed E-state index contributed by atoms with van der Waals surface area (Å²) in [6, 6.07) is 1.88. The van der Waals surface area contributed by atoms with Crippen molar-refractivity contribution in [3.63, 3.8) is 0 Å². The summed E-state index contributed by atoms with van der Waals surface area (Å²) in [6.07, 6.45) is -3.96. The molecule has 8 heteroatoms. The van der Waals surface area contributed by atoms with Gasteiger partial charge < -0.3 is 10.2 Å². The van der Waals surface area contributed by atoms with Crippen molar-refractivity contribution in [1.29, 1.82) is 5.26 Å². The first kappa shape index (κ1) is 13.0. The van der Waals surface area contributed by atoms with Crippen LogP contribution >= 0.6 is 0 Å². The van der Waals surface area contributed by atoms with E-state index in [1.807, 2.05) is 0 Å². The van der Waals surface area contributed by atoms with Crippen molar-refractivity contribution in [3.05, 3.63) is 39.4 Å². The summed E-state index contributed by atoms with van der Waals surface area (Å²) in [6.45, 7) is 0. The van der Waals surface area contributed by atoms with E-state index in [2.05, 4.69) is 0 Å². The third-order valence-electron chi connectivity index (χ3n) is 2.02. The van der Waals surface area contributed by atoms with Gasteiger partial charge in [0.25, 0.3) is 5.69 Å². The largest absolute Gasteiger partial charge is 0.384 e. The fourth-order valence-corrected chi connectivity index (χ4v) is 1.19. The quantitative estimate of drug-likeness (QED) is 0.464. The number of benzene rings is 1. The van der Waals surface area contributed by atoms with Crippen molar-refractivity contribution in [2.45, 2.75) is 12.2 Å². The van der Waals surface area contributed by atoms with Crippen molar-refractivity contribution < 1.29 is 23.9 Å². The molecule has 1 aromatic carbocycles. The Bertz CT molecular complexity index is 501. The molecule has 0 fully saturated rings. The number of rotatable bonds is 3. The van der Waals surface area contributed by atoms with Crippen LogP contribution in [-0.2, 0) is 0 Å². The normalized spacial score (nSPS) is 13.8. The summed E-state index contributed by atoms with van der Waals surface area (Å²) in [5.41, 5.74) is -1.58. The Hall–Kier alpha value is -2.11. The van der Waals surface area contributed by atoms with Gasteiger partial charge in [0.2, 0.25) is 0 Å². The number of hydrogen-bond acceptors (Lipinski definition) is 5. The smallest absolute Gasteiger partial charge is 0.278 e. The molecule has 1 rings (SSSR count). The Labute approximate surface area is 93.5 Å². The lowest BCUT2D eigenvalue weighted by atomic mass is 10.0. The van der Waals surface area contributed by atoms with E-state index in [9.17, 15) is 24.0 Å². The minimum Gasteiger partial charge on any atom is -0.384 e. The number of halogens is 2. The highest BCUT2D eigenvalue weighted by Gasteiger charge is 2.28. The number of aliphatic hydroxyl groups excluding tert-OH is 2. The average molecular weight is 244 g/mol. The highest BCUT2D eigenvalue weighted by molar-refractivity contribution is 5.43. The maximum Gasteiger partial charge on any atom is 0.278 e. The van der Waals surface area contributed by atoms with Crippen molar-refractivity contribution in [2.24, 2.45) is 0 Å². The van der Waals surface area contributed by atoms with Crippen LogP contribution in [-0.4, -0.2) is 21.2 Å². The molecule has 0 bridgehead atoms. The van der Waals surface area contributed by atoms with Gasteiger partial charge in [-0.3, -0.25) is 10.1 Å². The Morgan fingerprint density at radius 3 is 2.35 bits per heavy atom. The first-order valence-electron chi connectivity index (χ1n) is 4.27. The second-order valence-electron chi connectivity index (χ2n) is 3.10. The molecule has 17 heavy (non-hydrogen) atoms. The number of nitriles is 1. The predicted octanol–water partition coefficient (Wildman–Crippen LogP) is 0.791. The van der Waals surface area contributed by atoms with E-state index >= 15 is 0 Å². The summed E-state index contributed by atoms with van der Waals surface area (Å²) >= 11 is 0. The molecule has 90 valence electrons. The Morgan fingerprint density at radius 2 is 1.88 bits per heavy atom. The fourth-order valence-electron chi connectivity index (χ4n) is 1.19. The van der Waals surface area contributed by atoms with E-state index in [1.165, 1.54) is 6.07 Å². The standard InChI is InChI=1S/C9H6F2N2O4/c10-5-1-4(9(15)8(14)3-12)7(13(16)17)2-6(5)11/h1-2,8-9,14-15H. The summed E-state index contributed by atoms with van der Waals surface area (Å²) < 4.78 is 25.7. The lowest BCUT2D eigenvalue weighted by Crippen LogP contribution is -2.17. The zero-order valence-corrected chi connectivity index (χ0v) is 8.17. The summed E-state index contributed by atoms with van der Waals surface area (Å²) in [5.74, 6) is -2.88. The van der Waals surface area contributed by atoms with E-state index in [4.69, 9.17) is 10.4 Å². The molecule has 6 nitrogen and oxygen atoms in total. The molecule has 1 aromatic rings. The lowest BCUT2D eigenvalue weighted by Gasteiger charge is -2.12. The Kier molecular flexibility index (Phi) is 3.67. The molecule has 0 aromatic heterocycles. The molecule has 0 aliphatic carbocycles. The highest BCUT2D eigenvalue weighted by Crippen LogP contribution is 2.29. The molecular formula is C9H6F2N2O4. The summed E-state index contributed by atoms with van der Waals surface area (Å²) in [7, 11) is 0. The SMILES string of the molecule is N#CC(O)C(O)c1cc(F)c(F)cc1[N+](=O)[O-]. The van der Waals surface area contributed by atoms with Crippen LogP contribution in [0.4, 0.5) is 14.5 Å². The summed E-state index contributed by atoms with van der Waals surface area (Å²) in [5, 5.41) is 37.2. The van der Waals surface area contributed by atoms with Gasteiger partial charge in [0.15, 0.2) is 17.7 Å². The minimum atomic E-state index is -1.99. The molecule has 0 aliphatic heterocycles. The van der Waals surface area contributed by atoms with Crippen LogP contribution in [0.1, 0.15) is 11.7 Å². The third-order valence-corrected chi connectivity index (χ3v) is 2.02. The van der Waals surface area contributed by atoms with Crippen LogP contribution < -0.4 is 0 Å². The van der Waals surface area contributed by atoms with E-state index in [-0.39, 0.29) is 6.07 Å². The maximum absolute atomic E-state index is 12.9. The summed E-state index contributed by atoms with van der Waals surface area (Å²) in [4.78, 5) is 9.49. The monoisotopic (exact) mass is 244 g/mol. The maximum atomic E-state index is 12.9. The van der Waals surface area contributed by atoms with Crippen molar-refractivity contribution in [2.75, 3.05) is 0 Å². The molecule has 2 unspecified atom stereocenters. The van der Waals surface area contributed by atoms with E-state index in [0.29, 0.717) is 6.07 Å². The molecule has 0 amide bonds. The van der Waals surface area contributed by atoms with E-state index < -0.39 is 40.0 Å². The van der Waals surface area contributed by atoms with Gasteiger partial charge in [0.05, 0.1) is 22.6 Å². The van der Waals surface area contributed by atoms with Gasteiger partial charge in [0.1, 0.15) is 6.10 Å². The zero-order valence-electron chi connectivity index (χ0n) is 8.17. The third kappa shape index (κ3) is 2.52. The van der Waals surface area contributed by atoms with Crippen LogP contribution in [0.5, 0.6) is 0 Å². The van der Waals surface area contributed by atoms with Crippen molar-refractivity contribution in [3.8, 4) is 6.07 Å². The molecule has 0 saturated carbocycles. The second kappa shape index (κ2) is 4.82. The first-order chi connectivity index (χ1) is 7.88. The second-order valence-corrected chi connectivity index (χ2v) is 3.10. The Balaban J connectivity index is 3.36. The van der Waals surface area contributed by atoms with Gasteiger partial charge >= 0.3 is 0 Å². The topological polar surface area (TPSA) is 107 Å². The zero-order chi connectivity index (χ0) is 13.2. The molecule has 2 atom stereocenters. The molecule has 2 N–H and O–H groups in total. The number of nitrogens with zero attached hydrogens (tertiary/aromatic N) is 2. The molecule has 0 heterocycles. The average Bonchev–Trinajstić information content (AvgIpc) is 2.29. The highest BCUT2D eigenvalue weighted by atomic mass is 19.2. The Morgan fingerprint density at radius 1 is 1.35 bits per heavy atom. The van der Waals surface area contributed by atoms with Gasteiger partial charge in [-0.15, -0.1) is 0 Å². The number of nitro groups is 1. The first-order valence-corrected chi connectivity index (χ1v) is 4.27. The van der Waals surface area contributed by atoms with E-state index in [0.717, 1.165) is 0 Å². The number of nitro benzene ring substituents is 1. The van der Waals surface area contributed by atoms with E-state index in [1.54, 1.807) is 0 Å². The minimum absolute atomic E-state index is 0.276. The van der Waals surface area contributed by atoms with Crippen LogP contribution in [0, 0.1) is 33.1 Å². The van der Waals surface area contributed by atoms with Gasteiger partial charge in [-0.25, -0.2) is 8.78 Å². The number of aliphatic hydroxyl groups is 2. The van der Waals surface area contributed by atoms with Crippen molar-refractivity contribution >= 4 is 5.69 Å². The molecule has 0 spiro atoms. The van der Waals surface area contributed by atoms with Gasteiger partial charge in [0, 0.05) is 0 Å². The van der Waals surface area contributed by atoms with Crippen LogP contribution in [0.15, 0.2) is 12.1 Å². The van der Waals surface area contributed by atoms with Gasteiger partial charge in [-0.2, -0.15) is 5.26 Å². The lowest BCUT2D eigenvalue weighted by molar-refractivity contribution is -0.386. The predicted molar refractivity (Wildman–Crippen MR) is 49.6 cm³/mol. The van der Waals surface area contributed by atoms with Crippen LogP contribution in [0.25, 0.3) is 0 Å². The number of hydrogen-bond donors (Lipinski definition) is 2. The molecule has 0 aliphatic rings. The fraction of sp³-hybridized carbons (Fsp3) is 0.222. The van der Waals surface area contributed by atoms with Gasteiger partial charge in [-0.1, -0.05) is 0 Å².